The third kappa shape index (κ3) is 6.64. The first-order valence-electron chi connectivity index (χ1n) is 17.3. The number of aryl methyl sites for hydroxylation is 3. The molecule has 0 amide bonds. The van der Waals surface area contributed by atoms with E-state index >= 15 is 0 Å². The lowest BCUT2D eigenvalue weighted by atomic mass is 9.98. The number of benzene rings is 4. The van der Waals surface area contributed by atoms with Gasteiger partial charge in [0.05, 0.1) is 17.1 Å². The number of hydrogen-bond donors (Lipinski definition) is 1. The van der Waals surface area contributed by atoms with Gasteiger partial charge in [-0.3, -0.25) is 10.4 Å². The standard InChI is InChI=1S/C45H38N4O3/c1-28-16-18-44(50-28)36-20-34(42-26-40(30(3)46-47-42)32-12-8-6-9-13-32)22-38(24-36)52-39-23-35(21-37(25-39)45-19-17-29(2)51-45)43-27-41(31(4)49(5)48-43)33-14-10-7-11-15-33/h6-27,48H,1-5H3. The van der Waals surface area contributed by atoms with Crippen LogP contribution in [-0.4, -0.2) is 22.3 Å². The van der Waals surface area contributed by atoms with Crippen LogP contribution in [0.4, 0.5) is 0 Å². The van der Waals surface area contributed by atoms with Gasteiger partial charge >= 0.3 is 0 Å². The van der Waals surface area contributed by atoms with Gasteiger partial charge in [-0.25, -0.2) is 0 Å². The maximum Gasteiger partial charge on any atom is 0.134 e. The molecule has 7 nitrogen and oxygen atoms in total. The number of ether oxygens (including phenoxy) is 1. The summed E-state index contributed by atoms with van der Waals surface area (Å²) < 4.78 is 19.0. The van der Waals surface area contributed by atoms with Crippen molar-refractivity contribution in [3.05, 3.63) is 168 Å². The van der Waals surface area contributed by atoms with Gasteiger partial charge in [-0.2, -0.15) is 10.2 Å². The molecule has 256 valence electrons. The topological polar surface area (TPSA) is 76.6 Å². The number of nitrogens with zero attached hydrogens (tertiary/aromatic N) is 3. The molecule has 7 aromatic rings. The largest absolute Gasteiger partial charge is 0.461 e. The summed E-state index contributed by atoms with van der Waals surface area (Å²) in [4.78, 5) is 0. The third-order valence-corrected chi connectivity index (χ3v) is 9.32. The molecular weight excluding hydrogens is 645 g/mol. The van der Waals surface area contributed by atoms with Crippen LogP contribution >= 0.6 is 0 Å². The molecule has 1 aliphatic rings. The second-order valence-electron chi connectivity index (χ2n) is 13.1. The molecule has 0 spiro atoms. The number of hydrazine groups is 1. The number of aromatic nitrogens is 2. The van der Waals surface area contributed by atoms with Crippen LogP contribution in [0.3, 0.4) is 0 Å². The lowest BCUT2D eigenvalue weighted by molar-refractivity contribution is 0.361. The number of rotatable bonds is 8. The Hall–Kier alpha value is -6.60. The Morgan fingerprint density at radius 1 is 0.558 bits per heavy atom. The molecular formula is C45H38N4O3. The fraction of sp³-hybridized carbons (Fsp3) is 0.111. The smallest absolute Gasteiger partial charge is 0.134 e. The van der Waals surface area contributed by atoms with Crippen molar-refractivity contribution in [3.63, 3.8) is 0 Å². The molecule has 4 heterocycles. The Bertz CT molecular complexity index is 2470. The SMILES string of the molecule is CC1=C(c2ccccc2)C=C(c2cc(Oc3cc(-c4cc(-c5ccccc5)c(C)nn4)cc(-c4ccc(C)o4)c3)cc(-c3ccc(C)o3)c2)NN1C. The number of hydrogen-bond acceptors (Lipinski definition) is 7. The summed E-state index contributed by atoms with van der Waals surface area (Å²) in [6, 6.07) is 42.9. The second-order valence-corrected chi connectivity index (χ2v) is 13.1. The van der Waals surface area contributed by atoms with Gasteiger partial charge in [0, 0.05) is 46.1 Å². The molecule has 1 aliphatic heterocycles. The second kappa shape index (κ2) is 13.6. The molecule has 0 fully saturated rings. The van der Waals surface area contributed by atoms with Gasteiger partial charge in [0.15, 0.2) is 0 Å². The Morgan fingerprint density at radius 2 is 1.12 bits per heavy atom. The van der Waals surface area contributed by atoms with E-state index in [9.17, 15) is 0 Å². The molecule has 0 radical (unpaired) electrons. The van der Waals surface area contributed by atoms with Crippen molar-refractivity contribution < 1.29 is 13.6 Å². The van der Waals surface area contributed by atoms with E-state index in [0.29, 0.717) is 11.5 Å². The fourth-order valence-corrected chi connectivity index (χ4v) is 6.51. The average molecular weight is 683 g/mol. The third-order valence-electron chi connectivity index (χ3n) is 9.32. The van der Waals surface area contributed by atoms with Gasteiger partial charge in [-0.1, -0.05) is 60.7 Å². The average Bonchev–Trinajstić information content (AvgIpc) is 3.81. The minimum atomic E-state index is 0.632. The van der Waals surface area contributed by atoms with E-state index < -0.39 is 0 Å². The van der Waals surface area contributed by atoms with Crippen molar-refractivity contribution in [2.24, 2.45) is 0 Å². The first-order valence-corrected chi connectivity index (χ1v) is 17.3. The zero-order chi connectivity index (χ0) is 35.8. The maximum absolute atomic E-state index is 6.80. The van der Waals surface area contributed by atoms with Crippen LogP contribution in [0, 0.1) is 20.8 Å². The molecule has 0 unspecified atom stereocenters. The van der Waals surface area contributed by atoms with Crippen molar-refractivity contribution in [2.45, 2.75) is 27.7 Å². The summed E-state index contributed by atoms with van der Waals surface area (Å²) in [7, 11) is 2.03. The molecule has 8 rings (SSSR count). The normalized spacial score (nSPS) is 12.9. The summed E-state index contributed by atoms with van der Waals surface area (Å²) in [5, 5.41) is 11.2. The Balaban J connectivity index is 1.24. The summed E-state index contributed by atoms with van der Waals surface area (Å²) in [5.74, 6) is 4.44. The molecule has 0 saturated heterocycles. The van der Waals surface area contributed by atoms with Crippen molar-refractivity contribution in [2.75, 3.05) is 7.05 Å². The molecule has 7 heteroatoms. The van der Waals surface area contributed by atoms with Crippen LogP contribution in [0.1, 0.15) is 35.3 Å². The highest BCUT2D eigenvalue weighted by Gasteiger charge is 2.20. The first kappa shape index (κ1) is 32.6. The van der Waals surface area contributed by atoms with E-state index in [4.69, 9.17) is 13.6 Å². The summed E-state index contributed by atoms with van der Waals surface area (Å²) >= 11 is 0. The van der Waals surface area contributed by atoms with Crippen molar-refractivity contribution in [1.82, 2.24) is 20.6 Å². The highest BCUT2D eigenvalue weighted by atomic mass is 16.5. The molecule has 0 atom stereocenters. The monoisotopic (exact) mass is 682 g/mol. The van der Waals surface area contributed by atoms with Crippen molar-refractivity contribution >= 4 is 11.3 Å². The highest BCUT2D eigenvalue weighted by molar-refractivity contribution is 5.87. The number of allylic oxidation sites excluding steroid dienone is 3. The Labute approximate surface area is 303 Å². The minimum Gasteiger partial charge on any atom is -0.461 e. The molecule has 0 saturated carbocycles. The van der Waals surface area contributed by atoms with Crippen LogP contribution in [0.15, 0.2) is 148 Å². The lowest BCUT2D eigenvalue weighted by Gasteiger charge is -2.31. The zero-order valence-electron chi connectivity index (χ0n) is 29.8. The molecule has 0 bridgehead atoms. The van der Waals surface area contributed by atoms with Gasteiger partial charge in [0.25, 0.3) is 0 Å². The van der Waals surface area contributed by atoms with Crippen LogP contribution < -0.4 is 10.2 Å². The van der Waals surface area contributed by atoms with Crippen LogP contribution in [-0.2, 0) is 0 Å². The summed E-state index contributed by atoms with van der Waals surface area (Å²) in [6.45, 7) is 7.99. The molecule has 0 aliphatic carbocycles. The number of furan rings is 2. The quantitative estimate of drug-likeness (QED) is 0.171. The van der Waals surface area contributed by atoms with Crippen LogP contribution in [0.5, 0.6) is 11.5 Å². The Kier molecular flexibility index (Phi) is 8.53. The molecule has 3 aromatic heterocycles. The number of nitrogens with one attached hydrogen (secondary N) is 1. The van der Waals surface area contributed by atoms with E-state index in [2.05, 4.69) is 94.3 Å². The predicted octanol–water partition coefficient (Wildman–Crippen LogP) is 11.3. The van der Waals surface area contributed by atoms with E-state index in [1.54, 1.807) is 0 Å². The summed E-state index contributed by atoms with van der Waals surface area (Å²) in [5.41, 5.74) is 15.2. The first-order chi connectivity index (χ1) is 25.3. The van der Waals surface area contributed by atoms with Gasteiger partial charge in [-0.15, -0.1) is 0 Å². The maximum atomic E-state index is 6.80. The van der Waals surface area contributed by atoms with Gasteiger partial charge in [-0.05, 0) is 112 Å². The minimum absolute atomic E-state index is 0.632. The van der Waals surface area contributed by atoms with Gasteiger partial charge < -0.3 is 13.6 Å². The molecule has 1 N–H and O–H groups in total. The highest BCUT2D eigenvalue weighted by Crippen LogP contribution is 2.38. The lowest BCUT2D eigenvalue weighted by Crippen LogP contribution is -2.34. The van der Waals surface area contributed by atoms with Crippen molar-refractivity contribution in [3.8, 4) is 56.5 Å². The molecule has 52 heavy (non-hydrogen) atoms. The molecule has 4 aromatic carbocycles. The predicted molar refractivity (Wildman–Crippen MR) is 207 cm³/mol. The van der Waals surface area contributed by atoms with Crippen LogP contribution in [0.25, 0.3) is 56.3 Å². The van der Waals surface area contributed by atoms with Gasteiger partial charge in [0.1, 0.15) is 34.5 Å². The van der Waals surface area contributed by atoms with Crippen molar-refractivity contribution in [1.29, 1.82) is 0 Å². The fourth-order valence-electron chi connectivity index (χ4n) is 6.51. The summed E-state index contributed by atoms with van der Waals surface area (Å²) in [6.07, 6.45) is 2.19. The van der Waals surface area contributed by atoms with E-state index in [-0.39, 0.29) is 0 Å². The van der Waals surface area contributed by atoms with Crippen LogP contribution in [0.2, 0.25) is 0 Å². The van der Waals surface area contributed by atoms with Gasteiger partial charge in [0.2, 0.25) is 0 Å². The van der Waals surface area contributed by atoms with E-state index in [0.717, 1.165) is 90.3 Å². The Morgan fingerprint density at radius 3 is 1.71 bits per heavy atom. The van der Waals surface area contributed by atoms with E-state index in [1.807, 2.05) is 94.5 Å². The zero-order valence-corrected chi connectivity index (χ0v) is 29.8. The van der Waals surface area contributed by atoms with E-state index in [1.165, 1.54) is 0 Å².